The van der Waals surface area contributed by atoms with Gasteiger partial charge in [-0.2, -0.15) is 26.3 Å². The predicted octanol–water partition coefficient (Wildman–Crippen LogP) is 3.55. The Kier molecular flexibility index (Phi) is 4.72. The molecule has 1 amide bonds. The van der Waals surface area contributed by atoms with Gasteiger partial charge in [-0.25, -0.2) is 4.39 Å². The van der Waals surface area contributed by atoms with Gasteiger partial charge in [-0.15, -0.1) is 0 Å². The van der Waals surface area contributed by atoms with Crippen LogP contribution in [0.1, 0.15) is 16.7 Å². The van der Waals surface area contributed by atoms with Gasteiger partial charge in [0.25, 0.3) is 5.91 Å². The summed E-state index contributed by atoms with van der Waals surface area (Å²) in [7, 11) is 0. The minimum absolute atomic E-state index is 0.0285. The van der Waals surface area contributed by atoms with Crippen LogP contribution in [-0.2, 0) is 4.79 Å². The molecule has 0 atom stereocenters. The van der Waals surface area contributed by atoms with Crippen LogP contribution < -0.4 is 16.8 Å². The molecule has 0 fully saturated rings. The van der Waals surface area contributed by atoms with Crippen molar-refractivity contribution in [3.8, 4) is 0 Å². The highest BCUT2D eigenvalue weighted by Crippen LogP contribution is 2.47. The third kappa shape index (κ3) is 2.82. The molecule has 5 N–H and O–H groups in total. The van der Waals surface area contributed by atoms with Crippen LogP contribution in [0.2, 0.25) is 0 Å². The van der Waals surface area contributed by atoms with Gasteiger partial charge < -0.3 is 16.8 Å². The highest BCUT2D eigenvalue weighted by Gasteiger charge is 2.77. The SMILES string of the molecule is Cc1c(N)c(C)c(NC(=O)C(F)(C(F)(F)F)C(F)(F)F)c(C)c1N. The fraction of sp³-hybridized carbons (Fsp3) is 0.462. The molecule has 1 aromatic rings. The summed E-state index contributed by atoms with van der Waals surface area (Å²) in [5, 5.41) is 1.33. The maximum absolute atomic E-state index is 13.7. The summed E-state index contributed by atoms with van der Waals surface area (Å²) >= 11 is 0. The second-order valence-electron chi connectivity index (χ2n) is 5.19. The fourth-order valence-electron chi connectivity index (χ4n) is 2.06. The van der Waals surface area contributed by atoms with Gasteiger partial charge in [0.05, 0.1) is 5.69 Å². The van der Waals surface area contributed by atoms with Gasteiger partial charge in [0, 0.05) is 11.4 Å². The lowest BCUT2D eigenvalue weighted by molar-refractivity contribution is -0.324. The highest BCUT2D eigenvalue weighted by atomic mass is 19.4. The Morgan fingerprint density at radius 1 is 0.792 bits per heavy atom. The Morgan fingerprint density at radius 2 is 1.12 bits per heavy atom. The molecule has 136 valence electrons. The van der Waals surface area contributed by atoms with E-state index in [4.69, 9.17) is 11.5 Å². The molecule has 0 bridgehead atoms. The second-order valence-corrected chi connectivity index (χ2v) is 5.19. The number of halogens is 7. The number of carbonyl (C=O) groups excluding carboxylic acids is 1. The van der Waals surface area contributed by atoms with Gasteiger partial charge in [-0.1, -0.05) is 0 Å². The smallest absolute Gasteiger partial charge is 0.398 e. The van der Waals surface area contributed by atoms with Gasteiger partial charge in [-0.05, 0) is 37.5 Å². The van der Waals surface area contributed by atoms with E-state index in [1.54, 1.807) is 0 Å². The Hall–Kier alpha value is -2.20. The minimum atomic E-state index is -6.50. The Bertz CT molecular complexity index is 637. The maximum atomic E-state index is 13.7. The molecule has 1 rings (SSSR count). The number of anilines is 3. The molecule has 0 aliphatic carbocycles. The van der Waals surface area contributed by atoms with E-state index in [1.807, 2.05) is 0 Å². The maximum Gasteiger partial charge on any atom is 0.441 e. The van der Waals surface area contributed by atoms with Gasteiger partial charge >= 0.3 is 18.0 Å². The van der Waals surface area contributed by atoms with E-state index in [9.17, 15) is 35.5 Å². The van der Waals surface area contributed by atoms with E-state index in [-0.39, 0.29) is 22.5 Å². The fourth-order valence-corrected chi connectivity index (χ4v) is 2.06. The molecule has 0 saturated carbocycles. The second kappa shape index (κ2) is 5.71. The quantitative estimate of drug-likeness (QED) is 0.557. The van der Waals surface area contributed by atoms with Crippen LogP contribution in [0.15, 0.2) is 0 Å². The standard InChI is InChI=1S/C13H14F7N3O/c1-4-7(21)5(2)9(6(3)8(4)22)23-10(24)11(14,12(15,16)17)13(18,19)20/h21-22H2,1-3H3,(H,23,24). The van der Waals surface area contributed by atoms with Crippen molar-refractivity contribution in [2.24, 2.45) is 0 Å². The first-order chi connectivity index (χ1) is 10.6. The third-order valence-electron chi connectivity index (χ3n) is 3.70. The number of rotatable bonds is 2. The van der Waals surface area contributed by atoms with Crippen LogP contribution in [0.4, 0.5) is 47.8 Å². The third-order valence-corrected chi connectivity index (χ3v) is 3.70. The molecule has 1 aromatic carbocycles. The molecule has 0 aromatic heterocycles. The normalized spacial score (nSPS) is 13.1. The number of nitrogens with two attached hydrogens (primary N) is 2. The summed E-state index contributed by atoms with van der Waals surface area (Å²) in [6, 6.07) is 0. The molecule has 0 unspecified atom stereocenters. The number of alkyl halides is 7. The molecule has 4 nitrogen and oxygen atoms in total. The molecule has 11 heteroatoms. The average molecular weight is 361 g/mol. The molecular formula is C13H14F7N3O. The highest BCUT2D eigenvalue weighted by molar-refractivity contribution is 6.01. The van der Waals surface area contributed by atoms with Gasteiger partial charge in [-0.3, -0.25) is 4.79 Å². The molecule has 0 aliphatic rings. The number of hydrogen-bond donors (Lipinski definition) is 3. The number of carbonyl (C=O) groups is 1. The zero-order valence-corrected chi connectivity index (χ0v) is 12.7. The van der Waals surface area contributed by atoms with E-state index < -0.39 is 29.6 Å². The predicted molar refractivity (Wildman–Crippen MR) is 74.1 cm³/mol. The van der Waals surface area contributed by atoms with Crippen molar-refractivity contribution >= 4 is 23.0 Å². The molecule has 0 aliphatic heterocycles. The van der Waals surface area contributed by atoms with E-state index >= 15 is 0 Å². The molecular weight excluding hydrogens is 347 g/mol. The van der Waals surface area contributed by atoms with Crippen LogP contribution in [0.3, 0.4) is 0 Å². The van der Waals surface area contributed by atoms with Gasteiger partial charge in [0.2, 0.25) is 0 Å². The van der Waals surface area contributed by atoms with Crippen LogP contribution >= 0.6 is 0 Å². The summed E-state index contributed by atoms with van der Waals surface area (Å²) in [6.45, 7) is 3.96. The molecule has 0 spiro atoms. The molecule has 24 heavy (non-hydrogen) atoms. The van der Waals surface area contributed by atoms with E-state index in [0.29, 0.717) is 5.56 Å². The monoisotopic (exact) mass is 361 g/mol. The first kappa shape index (κ1) is 19.8. The van der Waals surface area contributed by atoms with Crippen LogP contribution in [0.25, 0.3) is 0 Å². The summed E-state index contributed by atoms with van der Waals surface area (Å²) in [5.74, 6) is -2.92. The zero-order chi connectivity index (χ0) is 19.2. The first-order valence-corrected chi connectivity index (χ1v) is 6.35. The average Bonchev–Trinajstić information content (AvgIpc) is 2.44. The molecule has 0 saturated heterocycles. The summed E-state index contributed by atoms with van der Waals surface area (Å²) in [4.78, 5) is 11.5. The molecule has 0 heterocycles. The van der Waals surface area contributed by atoms with E-state index in [2.05, 4.69) is 0 Å². The number of nitrogens with one attached hydrogen (secondary N) is 1. The van der Waals surface area contributed by atoms with Crippen LogP contribution in [0.5, 0.6) is 0 Å². The van der Waals surface area contributed by atoms with Gasteiger partial charge in [0.1, 0.15) is 0 Å². The zero-order valence-electron chi connectivity index (χ0n) is 12.7. The van der Waals surface area contributed by atoms with Crippen molar-refractivity contribution in [2.45, 2.75) is 38.8 Å². The lowest BCUT2D eigenvalue weighted by atomic mass is 9.98. The Labute approximate surface area is 132 Å². The summed E-state index contributed by atoms with van der Waals surface area (Å²) in [5.41, 5.74) is 4.89. The van der Waals surface area contributed by atoms with Crippen molar-refractivity contribution in [3.63, 3.8) is 0 Å². The number of amides is 1. The number of benzene rings is 1. The largest absolute Gasteiger partial charge is 0.441 e. The van der Waals surface area contributed by atoms with E-state index in [0.717, 1.165) is 0 Å². The summed E-state index contributed by atoms with van der Waals surface area (Å²) < 4.78 is 89.1. The van der Waals surface area contributed by atoms with E-state index in [1.165, 1.54) is 26.1 Å². The van der Waals surface area contributed by atoms with Gasteiger partial charge in [0.15, 0.2) is 0 Å². The van der Waals surface area contributed by atoms with Crippen molar-refractivity contribution in [2.75, 3.05) is 16.8 Å². The number of nitrogen functional groups attached to an aromatic ring is 2. The Balaban J connectivity index is 3.49. The van der Waals surface area contributed by atoms with Crippen molar-refractivity contribution < 1.29 is 35.5 Å². The van der Waals surface area contributed by atoms with Crippen molar-refractivity contribution in [1.29, 1.82) is 0 Å². The number of hydrogen-bond acceptors (Lipinski definition) is 3. The molecule has 0 radical (unpaired) electrons. The topological polar surface area (TPSA) is 81.1 Å². The minimum Gasteiger partial charge on any atom is -0.398 e. The van der Waals surface area contributed by atoms with Crippen LogP contribution in [-0.4, -0.2) is 23.9 Å². The van der Waals surface area contributed by atoms with Crippen molar-refractivity contribution in [3.05, 3.63) is 16.7 Å². The van der Waals surface area contributed by atoms with Crippen LogP contribution in [0, 0.1) is 20.8 Å². The lowest BCUT2D eigenvalue weighted by Gasteiger charge is -2.29. The lowest BCUT2D eigenvalue weighted by Crippen LogP contribution is -2.61. The van der Waals surface area contributed by atoms with Crippen molar-refractivity contribution in [1.82, 2.24) is 0 Å². The Morgan fingerprint density at radius 3 is 1.42 bits per heavy atom. The first-order valence-electron chi connectivity index (χ1n) is 6.35. The summed E-state index contributed by atoms with van der Waals surface area (Å²) in [6.07, 6.45) is -13.0.